The second-order valence-corrected chi connectivity index (χ2v) is 9.38. The molecule has 27 heavy (non-hydrogen) atoms. The first kappa shape index (κ1) is 18.3. The average Bonchev–Trinajstić information content (AvgIpc) is 3.37. The summed E-state index contributed by atoms with van der Waals surface area (Å²) in [6, 6.07) is 7.01. The normalized spacial score (nSPS) is 28.0. The minimum atomic E-state index is -0.394. The molecule has 2 aliphatic heterocycles. The molecule has 7 heteroatoms. The quantitative estimate of drug-likeness (QED) is 0.814. The van der Waals surface area contributed by atoms with E-state index >= 15 is 0 Å². The molecule has 2 N–H and O–H groups in total. The second kappa shape index (κ2) is 6.86. The summed E-state index contributed by atoms with van der Waals surface area (Å²) in [5.41, 5.74) is 1.74. The Labute approximate surface area is 163 Å². The third-order valence-electron chi connectivity index (χ3n) is 5.73. The van der Waals surface area contributed by atoms with Crippen LogP contribution in [-0.2, 0) is 14.4 Å². The summed E-state index contributed by atoms with van der Waals surface area (Å²) >= 11 is 1.70. The Morgan fingerprint density at radius 1 is 1.22 bits per heavy atom. The van der Waals surface area contributed by atoms with Crippen LogP contribution in [0.1, 0.15) is 51.1 Å². The highest BCUT2D eigenvalue weighted by Crippen LogP contribution is 2.47. The van der Waals surface area contributed by atoms with E-state index in [0.29, 0.717) is 12.2 Å². The van der Waals surface area contributed by atoms with Crippen LogP contribution in [0.2, 0.25) is 0 Å². The van der Waals surface area contributed by atoms with E-state index in [4.69, 9.17) is 0 Å². The molecule has 0 bridgehead atoms. The molecular weight excluding hydrogens is 362 g/mol. The molecule has 3 aliphatic rings. The van der Waals surface area contributed by atoms with E-state index in [1.807, 2.05) is 38.1 Å². The Morgan fingerprint density at radius 2 is 1.93 bits per heavy atom. The van der Waals surface area contributed by atoms with Gasteiger partial charge in [-0.05, 0) is 50.8 Å². The number of fused-ring (bicyclic) bond motifs is 1. The SMILES string of the molecule is CC(NC(=O)C1CSC2(C)CCC(=O)N12)c1ccc(NC(=O)C2CC2)cc1. The van der Waals surface area contributed by atoms with Crippen LogP contribution in [0.3, 0.4) is 0 Å². The Morgan fingerprint density at radius 3 is 2.59 bits per heavy atom. The third kappa shape index (κ3) is 3.57. The van der Waals surface area contributed by atoms with Crippen LogP contribution >= 0.6 is 11.8 Å². The van der Waals surface area contributed by atoms with E-state index in [9.17, 15) is 14.4 Å². The van der Waals surface area contributed by atoms with Crippen molar-refractivity contribution < 1.29 is 14.4 Å². The summed E-state index contributed by atoms with van der Waals surface area (Å²) in [6.45, 7) is 3.98. The Hall–Kier alpha value is -2.02. The number of thioether (sulfide) groups is 1. The minimum Gasteiger partial charge on any atom is -0.348 e. The maximum absolute atomic E-state index is 12.8. The highest BCUT2D eigenvalue weighted by molar-refractivity contribution is 8.01. The number of anilines is 1. The van der Waals surface area contributed by atoms with E-state index in [2.05, 4.69) is 10.6 Å². The molecule has 1 saturated carbocycles. The predicted octanol–water partition coefficient (Wildman–Crippen LogP) is 2.67. The molecule has 1 aromatic carbocycles. The lowest BCUT2D eigenvalue weighted by Crippen LogP contribution is -2.50. The first-order valence-corrected chi connectivity index (χ1v) is 10.5. The van der Waals surface area contributed by atoms with Crippen LogP contribution < -0.4 is 10.6 Å². The number of nitrogens with zero attached hydrogens (tertiary/aromatic N) is 1. The van der Waals surface area contributed by atoms with E-state index in [1.54, 1.807) is 16.7 Å². The number of rotatable bonds is 5. The van der Waals surface area contributed by atoms with Gasteiger partial charge < -0.3 is 15.5 Å². The largest absolute Gasteiger partial charge is 0.348 e. The fraction of sp³-hybridized carbons (Fsp3) is 0.550. The van der Waals surface area contributed by atoms with Gasteiger partial charge in [0.25, 0.3) is 0 Å². The fourth-order valence-corrected chi connectivity index (χ4v) is 5.28. The lowest BCUT2D eigenvalue weighted by atomic mass is 10.1. The Kier molecular flexibility index (Phi) is 4.66. The van der Waals surface area contributed by atoms with Gasteiger partial charge in [0.15, 0.2) is 0 Å². The molecule has 0 spiro atoms. The minimum absolute atomic E-state index is 0.0751. The molecule has 144 valence electrons. The van der Waals surface area contributed by atoms with Gasteiger partial charge in [-0.1, -0.05) is 12.1 Å². The Bertz CT molecular complexity index is 777. The molecule has 1 aliphatic carbocycles. The van der Waals surface area contributed by atoms with Crippen molar-refractivity contribution in [2.75, 3.05) is 11.1 Å². The number of nitrogens with one attached hydrogen (secondary N) is 2. The average molecular weight is 388 g/mol. The van der Waals surface area contributed by atoms with Crippen molar-refractivity contribution in [2.45, 2.75) is 56.5 Å². The molecule has 3 fully saturated rings. The van der Waals surface area contributed by atoms with Crippen LogP contribution in [0, 0.1) is 5.92 Å². The van der Waals surface area contributed by atoms with Gasteiger partial charge in [-0.3, -0.25) is 14.4 Å². The van der Waals surface area contributed by atoms with Crippen LogP contribution in [0.5, 0.6) is 0 Å². The topological polar surface area (TPSA) is 78.5 Å². The van der Waals surface area contributed by atoms with Crippen LogP contribution in [0.4, 0.5) is 5.69 Å². The zero-order chi connectivity index (χ0) is 19.2. The van der Waals surface area contributed by atoms with Crippen molar-refractivity contribution in [3.63, 3.8) is 0 Å². The lowest BCUT2D eigenvalue weighted by Gasteiger charge is -2.30. The van der Waals surface area contributed by atoms with Gasteiger partial charge >= 0.3 is 0 Å². The summed E-state index contributed by atoms with van der Waals surface area (Å²) in [4.78, 5) is 38.4. The van der Waals surface area contributed by atoms with E-state index in [1.165, 1.54) is 0 Å². The number of hydrogen-bond donors (Lipinski definition) is 2. The van der Waals surface area contributed by atoms with Gasteiger partial charge in [-0.15, -0.1) is 11.8 Å². The van der Waals surface area contributed by atoms with Gasteiger partial charge in [-0.25, -0.2) is 0 Å². The maximum atomic E-state index is 12.8. The zero-order valence-corrected chi connectivity index (χ0v) is 16.5. The number of benzene rings is 1. The van der Waals surface area contributed by atoms with Crippen molar-refractivity contribution in [1.29, 1.82) is 0 Å². The number of carbonyl (C=O) groups is 3. The molecule has 3 unspecified atom stereocenters. The maximum Gasteiger partial charge on any atom is 0.244 e. The molecule has 1 aromatic rings. The van der Waals surface area contributed by atoms with E-state index < -0.39 is 6.04 Å². The summed E-state index contributed by atoms with van der Waals surface area (Å²) in [6.07, 6.45) is 3.29. The van der Waals surface area contributed by atoms with Gasteiger partial charge in [-0.2, -0.15) is 0 Å². The van der Waals surface area contributed by atoms with Crippen LogP contribution in [0.25, 0.3) is 0 Å². The third-order valence-corrected chi connectivity index (χ3v) is 7.24. The molecule has 3 amide bonds. The van der Waals surface area contributed by atoms with Gasteiger partial charge in [0, 0.05) is 23.8 Å². The van der Waals surface area contributed by atoms with E-state index in [0.717, 1.165) is 30.5 Å². The summed E-state index contributed by atoms with van der Waals surface area (Å²) in [7, 11) is 0. The van der Waals surface area contributed by atoms with Crippen LogP contribution in [-0.4, -0.2) is 39.3 Å². The first-order valence-electron chi connectivity index (χ1n) is 9.55. The highest BCUT2D eigenvalue weighted by Gasteiger charge is 2.52. The summed E-state index contributed by atoms with van der Waals surface area (Å²) in [5, 5.41) is 5.96. The molecule has 0 radical (unpaired) electrons. The monoisotopic (exact) mass is 387 g/mol. The van der Waals surface area contributed by atoms with Crippen molar-refractivity contribution in [3.8, 4) is 0 Å². The molecule has 2 saturated heterocycles. The number of carbonyl (C=O) groups excluding carboxylic acids is 3. The molecular formula is C20H25N3O3S. The van der Waals surface area contributed by atoms with Crippen LogP contribution in [0.15, 0.2) is 24.3 Å². The molecule has 2 heterocycles. The Balaban J connectivity index is 1.37. The summed E-state index contributed by atoms with van der Waals surface area (Å²) in [5.74, 6) is 0.880. The van der Waals surface area contributed by atoms with Gasteiger partial charge in [0.1, 0.15) is 6.04 Å². The second-order valence-electron chi connectivity index (χ2n) is 7.88. The highest BCUT2D eigenvalue weighted by atomic mass is 32.2. The molecule has 3 atom stereocenters. The van der Waals surface area contributed by atoms with Crippen molar-refractivity contribution in [3.05, 3.63) is 29.8 Å². The number of amides is 3. The lowest BCUT2D eigenvalue weighted by molar-refractivity contribution is -0.138. The fourth-order valence-electron chi connectivity index (χ4n) is 3.85. The summed E-state index contributed by atoms with van der Waals surface area (Å²) < 4.78 is 0. The van der Waals surface area contributed by atoms with Gasteiger partial charge in [0.2, 0.25) is 17.7 Å². The molecule has 4 rings (SSSR count). The van der Waals surface area contributed by atoms with Gasteiger partial charge in [0.05, 0.1) is 10.9 Å². The molecule has 0 aromatic heterocycles. The molecule has 6 nitrogen and oxygen atoms in total. The standard InChI is InChI=1S/C20H25N3O3S/c1-12(13-5-7-15(8-6-13)22-18(25)14-3-4-14)21-19(26)16-11-27-20(2)10-9-17(24)23(16)20/h5-8,12,14,16H,3-4,9-11H2,1-2H3,(H,21,26)(H,22,25). The van der Waals surface area contributed by atoms with E-state index in [-0.39, 0.29) is 34.6 Å². The van der Waals surface area contributed by atoms with Crippen molar-refractivity contribution >= 4 is 35.2 Å². The van der Waals surface area contributed by atoms with Crippen molar-refractivity contribution in [2.24, 2.45) is 5.92 Å². The smallest absolute Gasteiger partial charge is 0.244 e. The first-order chi connectivity index (χ1) is 12.9. The van der Waals surface area contributed by atoms with Crippen molar-refractivity contribution in [1.82, 2.24) is 10.2 Å². The zero-order valence-electron chi connectivity index (χ0n) is 15.7. The number of hydrogen-bond acceptors (Lipinski definition) is 4. The predicted molar refractivity (Wildman–Crippen MR) is 105 cm³/mol.